The average molecular weight is 517 g/mol. The highest BCUT2D eigenvalue weighted by Gasteiger charge is 2.24. The van der Waals surface area contributed by atoms with Crippen molar-refractivity contribution in [2.24, 2.45) is 7.05 Å². The minimum Gasteiger partial charge on any atom is -0.499 e. The van der Waals surface area contributed by atoms with Gasteiger partial charge in [0.1, 0.15) is 23.9 Å². The molecule has 0 aliphatic rings. The number of benzene rings is 1. The third-order valence-electron chi connectivity index (χ3n) is 4.00. The molecular formula is C19H16BrClFN3O4S. The standard InChI is InChI=1S/C19H16BrClFN3O4S/c1-3-28-6-7-29-24-19(27)18-15(23-13-5-4-10(20)8-11(13)21)16-17(30-18)12(22)9-14(26)25(16)2/h3-5,8-9,23H,1,6-7H2,2H3,(H,24,27). The van der Waals surface area contributed by atoms with Gasteiger partial charge in [-0.05, 0) is 18.2 Å². The second-order valence-corrected chi connectivity index (χ2v) is 8.28. The van der Waals surface area contributed by atoms with Crippen LogP contribution in [0.2, 0.25) is 5.02 Å². The predicted molar refractivity (Wildman–Crippen MR) is 119 cm³/mol. The molecule has 0 bridgehead atoms. The number of carbonyl (C=O) groups excluding carboxylic acids is 1. The fourth-order valence-electron chi connectivity index (χ4n) is 2.62. The van der Waals surface area contributed by atoms with Gasteiger partial charge in [0, 0.05) is 17.6 Å². The first kappa shape index (κ1) is 22.3. The van der Waals surface area contributed by atoms with Crippen molar-refractivity contribution in [1.82, 2.24) is 10.0 Å². The van der Waals surface area contributed by atoms with Gasteiger partial charge in [-0.2, -0.15) is 0 Å². The van der Waals surface area contributed by atoms with E-state index in [0.29, 0.717) is 10.7 Å². The van der Waals surface area contributed by atoms with Crippen LogP contribution in [-0.4, -0.2) is 23.7 Å². The highest BCUT2D eigenvalue weighted by Crippen LogP contribution is 2.39. The van der Waals surface area contributed by atoms with Gasteiger partial charge < -0.3 is 14.6 Å². The Balaban J connectivity index is 2.05. The number of nitrogens with one attached hydrogen (secondary N) is 2. The topological polar surface area (TPSA) is 81.6 Å². The van der Waals surface area contributed by atoms with Gasteiger partial charge in [0.2, 0.25) is 0 Å². The third-order valence-corrected chi connectivity index (χ3v) is 5.99. The van der Waals surface area contributed by atoms with E-state index in [1.165, 1.54) is 17.9 Å². The normalized spacial score (nSPS) is 10.8. The summed E-state index contributed by atoms with van der Waals surface area (Å²) in [5.74, 6) is -1.33. The van der Waals surface area contributed by atoms with Crippen LogP contribution >= 0.6 is 38.9 Å². The molecule has 0 saturated heterocycles. The van der Waals surface area contributed by atoms with E-state index in [4.69, 9.17) is 21.2 Å². The number of hydroxylamine groups is 1. The fraction of sp³-hybridized carbons (Fsp3) is 0.158. The molecule has 1 amide bonds. The number of nitrogens with zero attached hydrogens (tertiary/aromatic N) is 1. The van der Waals surface area contributed by atoms with Crippen molar-refractivity contribution >= 4 is 66.4 Å². The zero-order chi connectivity index (χ0) is 21.8. The summed E-state index contributed by atoms with van der Waals surface area (Å²) in [5.41, 5.74) is 2.70. The minimum atomic E-state index is -0.720. The molecule has 3 aromatic rings. The number of anilines is 2. The molecule has 1 aromatic carbocycles. The van der Waals surface area contributed by atoms with E-state index in [1.807, 2.05) is 0 Å². The van der Waals surface area contributed by atoms with E-state index in [2.05, 4.69) is 33.3 Å². The molecule has 0 fully saturated rings. The van der Waals surface area contributed by atoms with Crippen LogP contribution in [0, 0.1) is 5.82 Å². The summed E-state index contributed by atoms with van der Waals surface area (Å²) in [6.45, 7) is 3.68. The zero-order valence-corrected chi connectivity index (χ0v) is 18.8. The number of aryl methyl sites for hydroxylation is 1. The lowest BCUT2D eigenvalue weighted by Gasteiger charge is -2.12. The number of halogens is 3. The lowest BCUT2D eigenvalue weighted by molar-refractivity contribution is 0.0148. The fourth-order valence-corrected chi connectivity index (χ4v) is 4.42. The molecule has 0 unspecified atom stereocenters. The number of hydrogen-bond donors (Lipinski definition) is 2. The van der Waals surface area contributed by atoms with Gasteiger partial charge in [-0.3, -0.25) is 14.4 Å². The molecule has 2 N–H and O–H groups in total. The Hall–Kier alpha value is -2.40. The van der Waals surface area contributed by atoms with Crippen molar-refractivity contribution in [3.05, 3.63) is 67.7 Å². The van der Waals surface area contributed by atoms with E-state index in [9.17, 15) is 14.0 Å². The number of rotatable bonds is 8. The summed E-state index contributed by atoms with van der Waals surface area (Å²) in [5, 5.41) is 3.42. The van der Waals surface area contributed by atoms with Crippen LogP contribution in [0.3, 0.4) is 0 Å². The molecule has 0 atom stereocenters. The Bertz CT molecular complexity index is 1180. The van der Waals surface area contributed by atoms with Crippen LogP contribution in [0.25, 0.3) is 10.2 Å². The lowest BCUT2D eigenvalue weighted by atomic mass is 10.2. The third kappa shape index (κ3) is 4.67. The van der Waals surface area contributed by atoms with Crippen molar-refractivity contribution in [3.63, 3.8) is 0 Å². The van der Waals surface area contributed by atoms with Crippen LogP contribution < -0.4 is 16.4 Å². The first-order chi connectivity index (χ1) is 14.3. The van der Waals surface area contributed by atoms with E-state index in [1.54, 1.807) is 18.2 Å². The SMILES string of the molecule is C=COCCONC(=O)c1sc2c(F)cc(=O)n(C)c2c1Nc1ccc(Br)cc1Cl. The molecule has 0 aliphatic heterocycles. The molecule has 30 heavy (non-hydrogen) atoms. The number of carbonyl (C=O) groups is 1. The number of amides is 1. The maximum absolute atomic E-state index is 14.5. The van der Waals surface area contributed by atoms with E-state index in [0.717, 1.165) is 21.9 Å². The highest BCUT2D eigenvalue weighted by atomic mass is 79.9. The van der Waals surface area contributed by atoms with Crippen molar-refractivity contribution in [2.75, 3.05) is 18.5 Å². The average Bonchev–Trinajstić information content (AvgIpc) is 3.08. The summed E-state index contributed by atoms with van der Waals surface area (Å²) in [6.07, 6.45) is 1.25. The van der Waals surface area contributed by atoms with E-state index < -0.39 is 17.3 Å². The van der Waals surface area contributed by atoms with Gasteiger partial charge >= 0.3 is 0 Å². The summed E-state index contributed by atoms with van der Waals surface area (Å²) >= 11 is 10.5. The summed E-state index contributed by atoms with van der Waals surface area (Å²) in [6, 6.07) is 5.99. The Labute approximate surface area is 188 Å². The largest absolute Gasteiger partial charge is 0.499 e. The number of fused-ring (bicyclic) bond motifs is 1. The summed E-state index contributed by atoms with van der Waals surface area (Å²) in [7, 11) is 1.50. The van der Waals surface area contributed by atoms with Crippen LogP contribution in [0.15, 0.2) is 46.4 Å². The van der Waals surface area contributed by atoms with Crippen molar-refractivity contribution in [2.45, 2.75) is 0 Å². The van der Waals surface area contributed by atoms with Gasteiger partial charge in [-0.15, -0.1) is 11.3 Å². The molecule has 0 spiro atoms. The highest BCUT2D eigenvalue weighted by molar-refractivity contribution is 9.10. The number of thiophene rings is 1. The van der Waals surface area contributed by atoms with Crippen LogP contribution in [-0.2, 0) is 16.6 Å². The Morgan fingerprint density at radius 2 is 2.17 bits per heavy atom. The molecule has 3 rings (SSSR count). The van der Waals surface area contributed by atoms with Gasteiger partial charge in [0.15, 0.2) is 0 Å². The second-order valence-electron chi connectivity index (χ2n) is 5.94. The molecule has 0 saturated carbocycles. The zero-order valence-electron chi connectivity index (χ0n) is 15.6. The van der Waals surface area contributed by atoms with Crippen LogP contribution in [0.1, 0.15) is 9.67 Å². The molecule has 0 aliphatic carbocycles. The number of pyridine rings is 1. The van der Waals surface area contributed by atoms with Crippen molar-refractivity contribution in [1.29, 1.82) is 0 Å². The lowest BCUT2D eigenvalue weighted by Crippen LogP contribution is -2.25. The van der Waals surface area contributed by atoms with Crippen LogP contribution in [0.4, 0.5) is 15.8 Å². The maximum Gasteiger partial charge on any atom is 0.287 e. The smallest absolute Gasteiger partial charge is 0.287 e. The number of aromatic nitrogens is 1. The Kier molecular flexibility index (Phi) is 7.14. The van der Waals surface area contributed by atoms with Gasteiger partial charge in [-0.25, -0.2) is 9.87 Å². The summed E-state index contributed by atoms with van der Waals surface area (Å²) < 4.78 is 21.6. The quantitative estimate of drug-likeness (QED) is 0.257. The van der Waals surface area contributed by atoms with Gasteiger partial charge in [-0.1, -0.05) is 34.1 Å². The molecule has 2 aromatic heterocycles. The Morgan fingerprint density at radius 3 is 2.87 bits per heavy atom. The van der Waals surface area contributed by atoms with Gasteiger partial charge in [0.05, 0.1) is 32.9 Å². The van der Waals surface area contributed by atoms with Crippen molar-refractivity contribution in [3.8, 4) is 0 Å². The minimum absolute atomic E-state index is 0.0802. The molecular weight excluding hydrogens is 501 g/mol. The first-order valence-corrected chi connectivity index (χ1v) is 10.5. The number of ether oxygens (including phenoxy) is 1. The van der Waals surface area contributed by atoms with E-state index >= 15 is 0 Å². The van der Waals surface area contributed by atoms with E-state index in [-0.39, 0.29) is 34.0 Å². The maximum atomic E-state index is 14.5. The van der Waals surface area contributed by atoms with Gasteiger partial charge in [0.25, 0.3) is 11.5 Å². The molecule has 158 valence electrons. The molecule has 2 heterocycles. The van der Waals surface area contributed by atoms with Crippen LogP contribution in [0.5, 0.6) is 0 Å². The molecule has 7 nitrogen and oxygen atoms in total. The monoisotopic (exact) mass is 515 g/mol. The second kappa shape index (κ2) is 9.61. The molecule has 0 radical (unpaired) electrons. The number of hydrogen-bond acceptors (Lipinski definition) is 6. The molecule has 11 heteroatoms. The van der Waals surface area contributed by atoms with Crippen molar-refractivity contribution < 1.29 is 18.8 Å². The first-order valence-electron chi connectivity index (χ1n) is 8.52. The predicted octanol–water partition coefficient (Wildman–Crippen LogP) is 4.72. The summed E-state index contributed by atoms with van der Waals surface area (Å²) in [4.78, 5) is 30.1. The Morgan fingerprint density at radius 1 is 1.40 bits per heavy atom.